The molecule has 0 aliphatic carbocycles. The highest BCUT2D eigenvalue weighted by atomic mass is 17.2. The van der Waals surface area contributed by atoms with Crippen molar-refractivity contribution in [1.82, 2.24) is 0 Å². The molecule has 0 radical (unpaired) electrons. The lowest BCUT2D eigenvalue weighted by Gasteiger charge is -2.10. The number of carbonyl (C=O) groups is 3. The van der Waals surface area contributed by atoms with E-state index < -0.39 is 17.9 Å². The molecule has 6 rings (SSSR count). The number of carboxylic acids is 2. The fourth-order valence-corrected chi connectivity index (χ4v) is 5.88. The van der Waals surface area contributed by atoms with E-state index in [4.69, 9.17) is 24.0 Å². The average Bonchev–Trinajstić information content (AvgIpc) is 3.23. The molecule has 0 spiro atoms. The molecule has 0 aliphatic heterocycles. The minimum atomic E-state index is -1.21. The van der Waals surface area contributed by atoms with Gasteiger partial charge in [-0.05, 0) is 94.3 Å². The summed E-state index contributed by atoms with van der Waals surface area (Å²) in [6.45, 7) is 1.86. The summed E-state index contributed by atoms with van der Waals surface area (Å²) in [7, 11) is 0. The molecule has 0 atom stereocenters. The van der Waals surface area contributed by atoms with Crippen LogP contribution >= 0.6 is 0 Å². The lowest BCUT2D eigenvalue weighted by atomic mass is 9.99. The molecule has 2 N–H and O–H groups in total. The van der Waals surface area contributed by atoms with Crippen molar-refractivity contribution >= 4 is 17.9 Å². The van der Waals surface area contributed by atoms with Gasteiger partial charge < -0.3 is 29.3 Å². The number of carbonyl (C=O) groups excluding carboxylic acids is 1. The lowest BCUT2D eigenvalue weighted by Crippen LogP contribution is -2.14. The van der Waals surface area contributed by atoms with Crippen molar-refractivity contribution in [2.24, 2.45) is 0 Å². The quantitative estimate of drug-likeness (QED) is 0.0271. The van der Waals surface area contributed by atoms with Gasteiger partial charge in [-0.1, -0.05) is 103 Å². The molecule has 0 bridgehead atoms. The number of hydrogen-bond donors (Lipinski definition) is 2. The Balaban J connectivity index is 0.850. The number of aromatic carboxylic acids is 2. The highest BCUT2D eigenvalue weighted by Gasteiger charge is 2.20. The Morgan fingerprint density at radius 1 is 0.464 bits per heavy atom. The fourth-order valence-electron chi connectivity index (χ4n) is 5.88. The Morgan fingerprint density at radius 2 is 0.964 bits per heavy atom. The molecule has 10 heteroatoms. The summed E-state index contributed by atoms with van der Waals surface area (Å²) in [4.78, 5) is 47.5. The second-order valence-electron chi connectivity index (χ2n) is 12.7. The fraction of sp³-hybridized carbons (Fsp3) is 0.152. The largest absolute Gasteiger partial charge is 0.478 e. The standard InChI is InChI=1S/C46H40O10/c47-44(48)42-29-36(34-7-3-1-4-8-34)15-16-38(42)31-54-56-40-20-13-33(14-21-40)24-26-53-28-27-52-25-23-32-11-18-39(19-12-32)55-46(51)41-22-17-37(30-43(41)45(49)50)35-9-5-2-6-10-35/h1-22,29-30H,23-28,31H2,(H,47,48)(H,49,50). The van der Waals surface area contributed by atoms with Crippen LogP contribution in [-0.2, 0) is 33.8 Å². The Labute approximate surface area is 324 Å². The molecule has 6 aromatic carbocycles. The van der Waals surface area contributed by atoms with Crippen molar-refractivity contribution in [3.63, 3.8) is 0 Å². The van der Waals surface area contributed by atoms with Gasteiger partial charge >= 0.3 is 17.9 Å². The van der Waals surface area contributed by atoms with Gasteiger partial charge in [0.15, 0.2) is 5.75 Å². The predicted molar refractivity (Wildman–Crippen MR) is 210 cm³/mol. The van der Waals surface area contributed by atoms with Crippen LogP contribution in [0.4, 0.5) is 0 Å². The molecule has 0 unspecified atom stereocenters. The van der Waals surface area contributed by atoms with Crippen LogP contribution in [0.2, 0.25) is 0 Å². The van der Waals surface area contributed by atoms with Crippen LogP contribution in [0.1, 0.15) is 47.8 Å². The van der Waals surface area contributed by atoms with Crippen molar-refractivity contribution < 1.29 is 48.6 Å². The van der Waals surface area contributed by atoms with Crippen LogP contribution in [-0.4, -0.2) is 54.5 Å². The molecular formula is C46H40O10. The van der Waals surface area contributed by atoms with Crippen molar-refractivity contribution in [2.75, 3.05) is 26.4 Å². The first-order valence-corrected chi connectivity index (χ1v) is 18.0. The zero-order valence-electron chi connectivity index (χ0n) is 30.5. The van der Waals surface area contributed by atoms with Crippen LogP contribution in [0.25, 0.3) is 22.3 Å². The van der Waals surface area contributed by atoms with E-state index in [2.05, 4.69) is 0 Å². The summed E-state index contributed by atoms with van der Waals surface area (Å²) in [5.41, 5.74) is 5.84. The van der Waals surface area contributed by atoms with E-state index in [1.54, 1.807) is 42.5 Å². The first kappa shape index (κ1) is 39.1. The van der Waals surface area contributed by atoms with Gasteiger partial charge in [0.25, 0.3) is 0 Å². The van der Waals surface area contributed by atoms with E-state index >= 15 is 0 Å². The first-order valence-electron chi connectivity index (χ1n) is 18.0. The Bertz CT molecular complexity index is 2220. The van der Waals surface area contributed by atoms with Gasteiger partial charge in [0.1, 0.15) is 12.4 Å². The molecule has 56 heavy (non-hydrogen) atoms. The molecule has 0 saturated carbocycles. The summed E-state index contributed by atoms with van der Waals surface area (Å²) < 4.78 is 16.9. The number of hydrogen-bond acceptors (Lipinski definition) is 8. The van der Waals surface area contributed by atoms with Crippen LogP contribution < -0.4 is 9.62 Å². The average molecular weight is 753 g/mol. The number of esters is 1. The minimum Gasteiger partial charge on any atom is -0.478 e. The molecular weight excluding hydrogens is 712 g/mol. The monoisotopic (exact) mass is 752 g/mol. The van der Waals surface area contributed by atoms with Crippen LogP contribution in [0, 0.1) is 0 Å². The molecule has 0 amide bonds. The van der Waals surface area contributed by atoms with Crippen LogP contribution in [0.15, 0.2) is 146 Å². The van der Waals surface area contributed by atoms with Crippen LogP contribution in [0.5, 0.6) is 11.5 Å². The first-order chi connectivity index (χ1) is 27.3. The van der Waals surface area contributed by atoms with Gasteiger partial charge in [-0.2, -0.15) is 4.89 Å². The topological polar surface area (TPSA) is 138 Å². The van der Waals surface area contributed by atoms with Crippen LogP contribution in [0.3, 0.4) is 0 Å². The summed E-state index contributed by atoms with van der Waals surface area (Å²) in [5.74, 6) is -2.18. The van der Waals surface area contributed by atoms with E-state index in [1.807, 2.05) is 91.0 Å². The molecule has 0 heterocycles. The van der Waals surface area contributed by atoms with Crippen molar-refractivity contribution in [2.45, 2.75) is 19.4 Å². The Kier molecular flexibility index (Phi) is 13.7. The van der Waals surface area contributed by atoms with E-state index in [1.165, 1.54) is 12.1 Å². The van der Waals surface area contributed by atoms with Gasteiger partial charge in [0.2, 0.25) is 0 Å². The summed E-state index contributed by atoms with van der Waals surface area (Å²) >= 11 is 0. The summed E-state index contributed by atoms with van der Waals surface area (Å²) in [5, 5.41) is 19.5. The van der Waals surface area contributed by atoms with E-state index in [9.17, 15) is 24.6 Å². The van der Waals surface area contributed by atoms with Gasteiger partial charge in [0.05, 0.1) is 43.1 Å². The molecule has 0 aliphatic rings. The number of ether oxygens (including phenoxy) is 3. The van der Waals surface area contributed by atoms with Gasteiger partial charge in [-0.15, -0.1) is 0 Å². The Hall–Kier alpha value is -6.59. The van der Waals surface area contributed by atoms with Crippen molar-refractivity contribution in [1.29, 1.82) is 0 Å². The highest BCUT2D eigenvalue weighted by Crippen LogP contribution is 2.26. The molecule has 0 aromatic heterocycles. The maximum atomic E-state index is 12.9. The number of benzene rings is 6. The number of carboxylic acid groups (broad SMARTS) is 2. The highest BCUT2D eigenvalue weighted by molar-refractivity contribution is 6.04. The normalized spacial score (nSPS) is 10.9. The SMILES string of the molecule is O=C(O)c1cc(-c2ccccc2)ccc1COOc1ccc(CCOCCOCCc2ccc(OC(=O)c3ccc(-c4ccccc4)cc3C(=O)O)cc2)cc1. The molecule has 0 saturated heterocycles. The molecule has 284 valence electrons. The zero-order chi connectivity index (χ0) is 39.1. The van der Waals surface area contributed by atoms with Gasteiger partial charge in [0, 0.05) is 0 Å². The second-order valence-corrected chi connectivity index (χ2v) is 12.7. The van der Waals surface area contributed by atoms with E-state index in [-0.39, 0.29) is 23.3 Å². The third-order valence-electron chi connectivity index (χ3n) is 8.89. The molecule has 6 aromatic rings. The smallest absolute Gasteiger partial charge is 0.344 e. The van der Waals surface area contributed by atoms with E-state index in [0.717, 1.165) is 27.8 Å². The predicted octanol–water partition coefficient (Wildman–Crippen LogP) is 8.97. The van der Waals surface area contributed by atoms with Crippen molar-refractivity contribution in [3.8, 4) is 33.8 Å². The van der Waals surface area contributed by atoms with Gasteiger partial charge in [-0.3, -0.25) is 0 Å². The van der Waals surface area contributed by atoms with Crippen molar-refractivity contribution in [3.05, 3.63) is 179 Å². The minimum absolute atomic E-state index is 0.0248. The lowest BCUT2D eigenvalue weighted by molar-refractivity contribution is -0.217. The van der Waals surface area contributed by atoms with E-state index in [0.29, 0.717) is 61.9 Å². The summed E-state index contributed by atoms with van der Waals surface area (Å²) in [6.07, 6.45) is 1.35. The molecule has 0 fully saturated rings. The maximum absolute atomic E-state index is 12.9. The third-order valence-corrected chi connectivity index (χ3v) is 8.89. The maximum Gasteiger partial charge on any atom is 0.344 e. The zero-order valence-corrected chi connectivity index (χ0v) is 30.5. The van der Waals surface area contributed by atoms with Gasteiger partial charge in [-0.25, -0.2) is 14.4 Å². The Morgan fingerprint density at radius 3 is 1.50 bits per heavy atom. The number of rotatable bonds is 19. The third kappa shape index (κ3) is 11.0. The summed E-state index contributed by atoms with van der Waals surface area (Å²) in [6, 6.07) is 43.2. The second kappa shape index (κ2) is 19.7. The molecule has 10 nitrogen and oxygen atoms in total.